The molecule has 90 valence electrons. The van der Waals surface area contributed by atoms with E-state index in [1.807, 2.05) is 0 Å². The molecule has 0 saturated carbocycles. The van der Waals surface area contributed by atoms with Crippen LogP contribution in [0.3, 0.4) is 0 Å². The molecule has 9 nitrogen and oxygen atoms in total. The van der Waals surface area contributed by atoms with Gasteiger partial charge in [-0.05, 0) is 0 Å². The number of ether oxygens (including phenoxy) is 1. The molecule has 1 aromatic rings. The average Bonchev–Trinajstić information content (AvgIpc) is 2.17. The predicted molar refractivity (Wildman–Crippen MR) is 41.9 cm³/mol. The molecular weight excluding hydrogens is 274 g/mol. The molecule has 0 bridgehead atoms. The van der Waals surface area contributed by atoms with Crippen molar-refractivity contribution < 1.29 is 43.2 Å². The minimum atomic E-state index is -2.53. The summed E-state index contributed by atoms with van der Waals surface area (Å²) in [5.74, 6) is 0. The zero-order valence-corrected chi connectivity index (χ0v) is 8.27. The number of carbonyl (C=O) groups excluding carboxylic acids is 1. The molecule has 16 heavy (non-hydrogen) atoms. The van der Waals surface area contributed by atoms with Crippen LogP contribution in [0.5, 0.6) is 6.01 Å². The maximum absolute atomic E-state index is 11.1. The fourth-order valence-electron chi connectivity index (χ4n) is 0.537. The van der Waals surface area contributed by atoms with Gasteiger partial charge in [0, 0.05) is 0 Å². The van der Waals surface area contributed by atoms with Gasteiger partial charge < -0.3 is 0 Å². The Balaban J connectivity index is 2.78. The Morgan fingerprint density at radius 1 is 1.12 bits per heavy atom. The Labute approximate surface area is 92.0 Å². The average molecular weight is 278 g/mol. The SMILES string of the molecule is O=[C](O)[Cu]([C](=O)O)[C](=O)Oc1ncncn1. The monoisotopic (exact) mass is 277 g/mol. The molecule has 0 aliphatic heterocycles. The van der Waals surface area contributed by atoms with E-state index in [0.29, 0.717) is 0 Å². The summed E-state index contributed by atoms with van der Waals surface area (Å²) in [5, 5.41) is 16.9. The maximum atomic E-state index is 11.1. The molecule has 10 heteroatoms. The first-order valence-corrected chi connectivity index (χ1v) is 4.81. The van der Waals surface area contributed by atoms with Gasteiger partial charge in [0.1, 0.15) is 0 Å². The van der Waals surface area contributed by atoms with Crippen molar-refractivity contribution in [3.05, 3.63) is 12.7 Å². The van der Waals surface area contributed by atoms with Gasteiger partial charge in [-0.25, -0.2) is 0 Å². The molecule has 0 saturated heterocycles. The van der Waals surface area contributed by atoms with Crippen molar-refractivity contribution in [2.45, 2.75) is 0 Å². The minimum absolute atomic E-state index is 0.460. The summed E-state index contributed by atoms with van der Waals surface area (Å²) in [4.78, 5) is 37.1. The van der Waals surface area contributed by atoms with E-state index in [9.17, 15) is 14.4 Å². The van der Waals surface area contributed by atoms with E-state index in [2.05, 4.69) is 19.7 Å². The second kappa shape index (κ2) is 5.14. The molecule has 0 atom stereocenters. The Bertz CT molecular complexity index is 410. The number of carbonyl (C=O) groups is 3. The second-order valence-corrected chi connectivity index (χ2v) is 3.79. The van der Waals surface area contributed by atoms with Gasteiger partial charge >= 0.3 is 91.5 Å². The van der Waals surface area contributed by atoms with Crippen LogP contribution in [0.2, 0.25) is 0 Å². The molecule has 0 aliphatic carbocycles. The van der Waals surface area contributed by atoms with Crippen molar-refractivity contribution in [3.8, 4) is 6.01 Å². The summed E-state index contributed by atoms with van der Waals surface area (Å²) in [6.07, 6.45) is 2.02. The standard InChI is InChI=1S/C4H2N3O2.2CHO2.Cu/c8-3-9-4-6-1-5-2-7-4;2*2-1-3;/h1-2H;2*(H,2,3);. The van der Waals surface area contributed by atoms with Crippen molar-refractivity contribution in [2.75, 3.05) is 0 Å². The molecule has 2 N–H and O–H groups in total. The van der Waals surface area contributed by atoms with E-state index in [4.69, 9.17) is 10.2 Å². The van der Waals surface area contributed by atoms with E-state index in [0.717, 1.165) is 12.7 Å². The van der Waals surface area contributed by atoms with Crippen LogP contribution in [-0.4, -0.2) is 39.8 Å². The fraction of sp³-hybridized carbons (Fsp3) is 0. The van der Waals surface area contributed by atoms with Gasteiger partial charge in [0.15, 0.2) is 0 Å². The van der Waals surface area contributed by atoms with Crippen LogP contribution in [0.15, 0.2) is 12.7 Å². The van der Waals surface area contributed by atoms with Crippen LogP contribution >= 0.6 is 0 Å². The van der Waals surface area contributed by atoms with E-state index >= 15 is 0 Å². The van der Waals surface area contributed by atoms with Crippen molar-refractivity contribution in [3.63, 3.8) is 0 Å². The molecule has 0 amide bonds. The van der Waals surface area contributed by atoms with E-state index in [1.54, 1.807) is 0 Å². The normalized spacial score (nSPS) is 10.4. The third-order valence-electron chi connectivity index (χ3n) is 1.01. The van der Waals surface area contributed by atoms with Crippen LogP contribution in [0.1, 0.15) is 0 Å². The molecule has 0 spiro atoms. The van der Waals surface area contributed by atoms with Crippen molar-refractivity contribution in [1.82, 2.24) is 15.0 Å². The van der Waals surface area contributed by atoms with Crippen LogP contribution in [0.4, 0.5) is 14.4 Å². The molecule has 0 aliphatic rings. The summed E-state index contributed by atoms with van der Waals surface area (Å²) in [6.45, 7) is 0. The molecule has 0 fully saturated rings. The van der Waals surface area contributed by atoms with Gasteiger partial charge in [0.05, 0.1) is 0 Å². The zero-order valence-electron chi connectivity index (χ0n) is 7.33. The van der Waals surface area contributed by atoms with Crippen LogP contribution in [-0.2, 0) is 13.9 Å². The summed E-state index contributed by atoms with van der Waals surface area (Å²) < 4.78 is 4.35. The molecule has 1 rings (SSSR count). The summed E-state index contributed by atoms with van der Waals surface area (Å²) >= 11 is -2.53. The zero-order chi connectivity index (χ0) is 12.1. The van der Waals surface area contributed by atoms with Gasteiger partial charge in [-0.2, -0.15) is 0 Å². The number of aromatic nitrogens is 3. The molecule has 1 heterocycles. The third kappa shape index (κ3) is 2.97. The summed E-state index contributed by atoms with van der Waals surface area (Å²) in [6, 6.07) is -0.460. The fourth-order valence-corrected chi connectivity index (χ4v) is 1.22. The van der Waals surface area contributed by atoms with Crippen LogP contribution in [0, 0.1) is 0 Å². The number of hydrogen-bond donors (Lipinski definition) is 2. The van der Waals surface area contributed by atoms with Crippen molar-refractivity contribution in [2.24, 2.45) is 0 Å². The molecular formula is C6H4CuN3O6. The Morgan fingerprint density at radius 2 is 1.62 bits per heavy atom. The Hall–Kier alpha value is -2.06. The Kier molecular flexibility index (Phi) is 3.86. The van der Waals surface area contributed by atoms with E-state index in [1.165, 1.54) is 0 Å². The topological polar surface area (TPSA) is 140 Å². The van der Waals surface area contributed by atoms with Gasteiger partial charge in [-0.15, -0.1) is 0 Å². The van der Waals surface area contributed by atoms with Crippen molar-refractivity contribution in [1.29, 1.82) is 0 Å². The van der Waals surface area contributed by atoms with Crippen LogP contribution in [0.25, 0.3) is 0 Å². The first-order valence-electron chi connectivity index (χ1n) is 3.40. The van der Waals surface area contributed by atoms with Gasteiger partial charge in [0.2, 0.25) is 0 Å². The van der Waals surface area contributed by atoms with Gasteiger partial charge in [0.25, 0.3) is 0 Å². The van der Waals surface area contributed by atoms with Gasteiger partial charge in [-0.1, -0.05) is 0 Å². The third-order valence-corrected chi connectivity index (χ3v) is 2.30. The molecule has 0 unspecified atom stereocenters. The summed E-state index contributed by atoms with van der Waals surface area (Å²) in [5.41, 5.74) is 0. The molecule has 1 aromatic heterocycles. The van der Waals surface area contributed by atoms with E-state index < -0.39 is 34.5 Å². The Morgan fingerprint density at radius 3 is 2.06 bits per heavy atom. The molecule has 0 aromatic carbocycles. The predicted octanol–water partition coefficient (Wildman–Crippen LogP) is 0.345. The molecule has 0 radical (unpaired) electrons. The first-order chi connectivity index (χ1) is 7.52. The number of carboxylic acid groups (broad SMARTS) is 2. The number of rotatable bonds is 4. The first kappa shape index (κ1) is 12.0. The summed E-state index contributed by atoms with van der Waals surface area (Å²) in [7, 11) is 0. The van der Waals surface area contributed by atoms with E-state index in [-0.39, 0.29) is 0 Å². The van der Waals surface area contributed by atoms with Crippen molar-refractivity contribution >= 4 is 14.6 Å². The van der Waals surface area contributed by atoms with Crippen LogP contribution < -0.4 is 4.74 Å². The number of nitrogens with zero attached hydrogens (tertiary/aromatic N) is 3. The quantitative estimate of drug-likeness (QED) is 0.745. The second-order valence-electron chi connectivity index (χ2n) is 1.90. The number of hydrogen-bond acceptors (Lipinski definition) is 7. The van der Waals surface area contributed by atoms with Gasteiger partial charge in [-0.3, -0.25) is 0 Å².